The minimum atomic E-state index is 0.400. The topological polar surface area (TPSA) is 66.6 Å². The summed E-state index contributed by atoms with van der Waals surface area (Å²) in [6.45, 7) is 2.50. The molecule has 0 bridgehead atoms. The Balaban J connectivity index is 1.97. The van der Waals surface area contributed by atoms with E-state index in [4.69, 9.17) is 19.9 Å². The first-order valence-electron chi connectivity index (χ1n) is 6.63. The van der Waals surface area contributed by atoms with Gasteiger partial charge in [-0.15, -0.1) is 0 Å². The lowest BCUT2D eigenvalue weighted by molar-refractivity contribution is 0.0536. The minimum Gasteiger partial charge on any atom is -0.475 e. The molecule has 0 aliphatic rings. The van der Waals surface area contributed by atoms with Gasteiger partial charge >= 0.3 is 0 Å². The van der Waals surface area contributed by atoms with Crippen LogP contribution in [-0.2, 0) is 16.0 Å². The number of benzene rings is 1. The van der Waals surface area contributed by atoms with E-state index in [1.54, 1.807) is 7.11 Å². The van der Waals surface area contributed by atoms with Gasteiger partial charge in [-0.25, -0.2) is 4.98 Å². The summed E-state index contributed by atoms with van der Waals surface area (Å²) in [6.07, 6.45) is 0. The van der Waals surface area contributed by atoms with Gasteiger partial charge in [-0.3, -0.25) is 0 Å². The van der Waals surface area contributed by atoms with Crippen LogP contribution in [0.3, 0.4) is 0 Å². The number of hydrogen-bond donors (Lipinski definition) is 1. The molecule has 0 unspecified atom stereocenters. The largest absolute Gasteiger partial charge is 0.475 e. The summed E-state index contributed by atoms with van der Waals surface area (Å²) in [4.78, 5) is 4.50. The molecule has 1 aromatic carbocycles. The lowest BCUT2D eigenvalue weighted by atomic mass is 10.1. The summed E-state index contributed by atoms with van der Waals surface area (Å²) < 4.78 is 15.9. The molecular formula is C15H20N2O3. The molecule has 0 saturated carbocycles. The fraction of sp³-hybridized carbons (Fsp3) is 0.400. The Morgan fingerprint density at radius 1 is 1.10 bits per heavy atom. The number of para-hydroxylation sites is 1. The van der Waals surface area contributed by atoms with Crippen LogP contribution < -0.4 is 10.5 Å². The molecule has 0 aliphatic heterocycles. The molecule has 0 atom stereocenters. The monoisotopic (exact) mass is 276 g/mol. The van der Waals surface area contributed by atoms with Crippen LogP contribution in [0.4, 0.5) is 0 Å². The Morgan fingerprint density at radius 3 is 2.70 bits per heavy atom. The second-order valence-electron chi connectivity index (χ2n) is 4.30. The molecule has 0 radical (unpaired) electrons. The maximum atomic E-state index is 5.74. The maximum absolute atomic E-state index is 5.74. The zero-order valence-electron chi connectivity index (χ0n) is 11.7. The molecule has 5 nitrogen and oxygen atoms in total. The predicted molar refractivity (Wildman–Crippen MR) is 77.8 cm³/mol. The summed E-state index contributed by atoms with van der Waals surface area (Å²) in [5, 5.41) is 1.07. The zero-order valence-corrected chi connectivity index (χ0v) is 11.7. The van der Waals surface area contributed by atoms with Crippen molar-refractivity contribution < 1.29 is 14.2 Å². The number of fused-ring (bicyclic) bond motifs is 1. The zero-order chi connectivity index (χ0) is 14.2. The third kappa shape index (κ3) is 3.90. The molecule has 1 heterocycles. The average molecular weight is 276 g/mol. The van der Waals surface area contributed by atoms with Gasteiger partial charge in [0.15, 0.2) is 0 Å². The van der Waals surface area contributed by atoms with Gasteiger partial charge in [0.2, 0.25) is 5.88 Å². The maximum Gasteiger partial charge on any atom is 0.218 e. The number of pyridine rings is 1. The molecule has 20 heavy (non-hydrogen) atoms. The SMILES string of the molecule is COCCOCCOc1nc2ccccc2cc1CN. The highest BCUT2D eigenvalue weighted by Crippen LogP contribution is 2.21. The van der Waals surface area contributed by atoms with Crippen molar-refractivity contribution in [2.75, 3.05) is 33.5 Å². The van der Waals surface area contributed by atoms with E-state index in [0.717, 1.165) is 16.5 Å². The van der Waals surface area contributed by atoms with E-state index in [0.29, 0.717) is 38.9 Å². The van der Waals surface area contributed by atoms with Crippen LogP contribution in [0, 0.1) is 0 Å². The van der Waals surface area contributed by atoms with Gasteiger partial charge in [0, 0.05) is 24.6 Å². The van der Waals surface area contributed by atoms with E-state index in [1.165, 1.54) is 0 Å². The predicted octanol–water partition coefficient (Wildman–Crippen LogP) is 1.74. The van der Waals surface area contributed by atoms with Crippen molar-refractivity contribution in [2.24, 2.45) is 5.73 Å². The Kier molecular flexibility index (Phi) is 5.73. The number of rotatable bonds is 8. The van der Waals surface area contributed by atoms with E-state index in [9.17, 15) is 0 Å². The van der Waals surface area contributed by atoms with E-state index in [2.05, 4.69) is 4.98 Å². The van der Waals surface area contributed by atoms with E-state index >= 15 is 0 Å². The second kappa shape index (κ2) is 7.79. The van der Waals surface area contributed by atoms with Gasteiger partial charge in [0.05, 0.1) is 25.3 Å². The van der Waals surface area contributed by atoms with Crippen molar-refractivity contribution in [2.45, 2.75) is 6.54 Å². The third-order valence-electron chi connectivity index (χ3n) is 2.88. The minimum absolute atomic E-state index is 0.400. The van der Waals surface area contributed by atoms with Crippen molar-refractivity contribution in [3.8, 4) is 5.88 Å². The summed E-state index contributed by atoms with van der Waals surface area (Å²) in [5.74, 6) is 0.585. The summed E-state index contributed by atoms with van der Waals surface area (Å²) in [6, 6.07) is 9.92. The van der Waals surface area contributed by atoms with Crippen LogP contribution >= 0.6 is 0 Å². The molecule has 5 heteroatoms. The fourth-order valence-electron chi connectivity index (χ4n) is 1.85. The molecule has 0 saturated heterocycles. The lowest BCUT2D eigenvalue weighted by Crippen LogP contribution is -2.12. The number of nitrogens with zero attached hydrogens (tertiary/aromatic N) is 1. The second-order valence-corrected chi connectivity index (χ2v) is 4.30. The van der Waals surface area contributed by atoms with Crippen molar-refractivity contribution in [3.05, 3.63) is 35.9 Å². The Hall–Kier alpha value is -1.69. The molecule has 2 rings (SSSR count). The fourth-order valence-corrected chi connectivity index (χ4v) is 1.85. The Labute approximate surface area is 118 Å². The van der Waals surface area contributed by atoms with Crippen molar-refractivity contribution >= 4 is 10.9 Å². The van der Waals surface area contributed by atoms with Crippen molar-refractivity contribution in [1.82, 2.24) is 4.98 Å². The van der Waals surface area contributed by atoms with E-state index in [-0.39, 0.29) is 0 Å². The summed E-state index contributed by atoms with van der Waals surface area (Å²) >= 11 is 0. The van der Waals surface area contributed by atoms with Crippen molar-refractivity contribution in [3.63, 3.8) is 0 Å². The standard InChI is InChI=1S/C15H20N2O3/c1-18-6-7-19-8-9-20-15-13(11-16)10-12-4-2-3-5-14(12)17-15/h2-5,10H,6-9,11,16H2,1H3. The summed E-state index contributed by atoms with van der Waals surface area (Å²) in [7, 11) is 1.65. The highest BCUT2D eigenvalue weighted by atomic mass is 16.5. The van der Waals surface area contributed by atoms with Gasteiger partial charge in [0.25, 0.3) is 0 Å². The molecule has 0 amide bonds. The first-order valence-corrected chi connectivity index (χ1v) is 6.63. The number of aromatic nitrogens is 1. The average Bonchev–Trinajstić information content (AvgIpc) is 2.50. The van der Waals surface area contributed by atoms with Gasteiger partial charge in [-0.1, -0.05) is 18.2 Å². The van der Waals surface area contributed by atoms with Crippen LogP contribution in [-0.4, -0.2) is 38.5 Å². The van der Waals surface area contributed by atoms with Gasteiger partial charge < -0.3 is 19.9 Å². The van der Waals surface area contributed by atoms with E-state index < -0.39 is 0 Å². The quantitative estimate of drug-likeness (QED) is 0.744. The lowest BCUT2D eigenvalue weighted by Gasteiger charge is -2.11. The van der Waals surface area contributed by atoms with Crippen LogP contribution in [0.2, 0.25) is 0 Å². The van der Waals surface area contributed by atoms with Gasteiger partial charge in [-0.2, -0.15) is 0 Å². The highest BCUT2D eigenvalue weighted by molar-refractivity contribution is 5.79. The normalized spacial score (nSPS) is 10.9. The van der Waals surface area contributed by atoms with E-state index in [1.807, 2.05) is 30.3 Å². The first-order chi connectivity index (χ1) is 9.85. The highest BCUT2D eigenvalue weighted by Gasteiger charge is 2.06. The Bertz CT molecular complexity index is 546. The number of hydrogen-bond acceptors (Lipinski definition) is 5. The van der Waals surface area contributed by atoms with Crippen LogP contribution in [0.15, 0.2) is 30.3 Å². The molecule has 2 aromatic rings. The van der Waals surface area contributed by atoms with Crippen molar-refractivity contribution in [1.29, 1.82) is 0 Å². The van der Waals surface area contributed by atoms with Gasteiger partial charge in [-0.05, 0) is 12.1 Å². The molecule has 2 N–H and O–H groups in total. The van der Waals surface area contributed by atoms with Crippen LogP contribution in [0.5, 0.6) is 5.88 Å². The smallest absolute Gasteiger partial charge is 0.218 e. The molecule has 0 aliphatic carbocycles. The number of ether oxygens (including phenoxy) is 3. The molecule has 1 aromatic heterocycles. The number of methoxy groups -OCH3 is 1. The molecule has 0 fully saturated rings. The molecule has 108 valence electrons. The van der Waals surface area contributed by atoms with Crippen LogP contribution in [0.25, 0.3) is 10.9 Å². The summed E-state index contributed by atoms with van der Waals surface area (Å²) in [5.41, 5.74) is 7.55. The molecule has 0 spiro atoms. The third-order valence-corrected chi connectivity index (χ3v) is 2.88. The number of nitrogens with two attached hydrogens (primary N) is 1. The first kappa shape index (κ1) is 14.7. The van der Waals surface area contributed by atoms with Crippen LogP contribution in [0.1, 0.15) is 5.56 Å². The Morgan fingerprint density at radius 2 is 1.90 bits per heavy atom. The van der Waals surface area contributed by atoms with Gasteiger partial charge in [0.1, 0.15) is 6.61 Å². The molecular weight excluding hydrogens is 256 g/mol.